The molecule has 0 aliphatic heterocycles. The molecular weight excluding hydrogens is 543 g/mol. The van der Waals surface area contributed by atoms with Crippen LogP contribution in [-0.2, 0) is 30.3 Å². The summed E-state index contributed by atoms with van der Waals surface area (Å²) in [5.41, 5.74) is 5.55. The van der Waals surface area contributed by atoms with Crippen molar-refractivity contribution < 1.29 is 35.9 Å². The molecule has 0 unspecified atom stereocenters. The highest BCUT2D eigenvalue weighted by Crippen LogP contribution is 2.35. The van der Waals surface area contributed by atoms with Crippen LogP contribution in [0.5, 0.6) is 0 Å². The largest absolute Gasteiger partial charge is 0.464 e. The van der Waals surface area contributed by atoms with Crippen molar-refractivity contribution in [3.05, 3.63) is 65.7 Å². The molecule has 2 aromatic carbocycles. The molecule has 38 heavy (non-hydrogen) atoms. The van der Waals surface area contributed by atoms with Crippen molar-refractivity contribution in [1.82, 2.24) is 0 Å². The van der Waals surface area contributed by atoms with Crippen molar-refractivity contribution in [3.63, 3.8) is 0 Å². The van der Waals surface area contributed by atoms with E-state index in [1.54, 1.807) is 0 Å². The Balaban J connectivity index is 0.00000507. The number of ether oxygens (including phenoxy) is 1. The van der Waals surface area contributed by atoms with Crippen LogP contribution in [0, 0.1) is 11.8 Å². The minimum atomic E-state index is -4.53. The van der Waals surface area contributed by atoms with E-state index in [2.05, 4.69) is 0 Å². The summed E-state index contributed by atoms with van der Waals surface area (Å²) in [5, 5.41) is 0. The molecule has 1 aliphatic carbocycles. The number of Topliss-reactive ketones (excluding diaryl/α,β-unsaturated/α-hetero) is 1. The molecule has 0 amide bonds. The molecular formula is C27H33ClF3NO5S. The molecule has 2 N–H and O–H groups in total. The quantitative estimate of drug-likeness (QED) is 0.384. The van der Waals surface area contributed by atoms with E-state index in [0.717, 1.165) is 29.8 Å². The van der Waals surface area contributed by atoms with Crippen molar-refractivity contribution in [2.24, 2.45) is 17.6 Å². The number of rotatable bonds is 10. The Labute approximate surface area is 227 Å². The summed E-state index contributed by atoms with van der Waals surface area (Å²) in [7, 11) is -3.75. The van der Waals surface area contributed by atoms with Gasteiger partial charge in [-0.2, -0.15) is 13.2 Å². The molecule has 0 heterocycles. The Morgan fingerprint density at radius 3 is 2.11 bits per heavy atom. The first-order valence-corrected chi connectivity index (χ1v) is 13.9. The van der Waals surface area contributed by atoms with E-state index in [0.29, 0.717) is 25.7 Å². The summed E-state index contributed by atoms with van der Waals surface area (Å²) in [6, 6.07) is 12.1. The maximum atomic E-state index is 13.1. The number of alkyl halides is 3. The normalized spacial score (nSPS) is 19.6. The monoisotopic (exact) mass is 575 g/mol. The van der Waals surface area contributed by atoms with Crippen LogP contribution < -0.4 is 5.73 Å². The van der Waals surface area contributed by atoms with E-state index in [1.807, 2.05) is 30.3 Å². The zero-order valence-corrected chi connectivity index (χ0v) is 22.7. The zero-order valence-electron chi connectivity index (χ0n) is 21.0. The second-order valence-electron chi connectivity index (χ2n) is 9.72. The second-order valence-corrected chi connectivity index (χ2v) is 11.8. The molecule has 0 spiro atoms. The third-order valence-corrected chi connectivity index (χ3v) is 8.72. The number of halogens is 4. The van der Waals surface area contributed by atoms with Gasteiger partial charge in [-0.3, -0.25) is 9.59 Å². The molecule has 6 nitrogen and oxygen atoms in total. The van der Waals surface area contributed by atoms with Crippen LogP contribution in [0.4, 0.5) is 13.2 Å². The van der Waals surface area contributed by atoms with Gasteiger partial charge in [0, 0.05) is 18.3 Å². The molecule has 0 radical (unpaired) electrons. The molecule has 3 rings (SSSR count). The standard InChI is InChI=1S/C27H32F3NO5S.ClH/c1-18(31)26(33)36-16-22(20-5-3-2-4-6-20)15-25(32)21-9-7-19(8-10-21)17-37(34,35)24-13-11-23(12-14-24)27(28,29)30;/h2-6,11-14,18-19,21-22H,7-10,15-17,31H2,1H3;1H/t18-,19?,21?,22+;/m0./s1. The lowest BCUT2D eigenvalue weighted by Gasteiger charge is -2.28. The third kappa shape index (κ3) is 8.81. The smallest absolute Gasteiger partial charge is 0.416 e. The number of sulfone groups is 1. The van der Waals surface area contributed by atoms with Crippen LogP contribution >= 0.6 is 12.4 Å². The van der Waals surface area contributed by atoms with Gasteiger partial charge in [0.1, 0.15) is 11.8 Å². The Morgan fingerprint density at radius 1 is 1.00 bits per heavy atom. The number of benzene rings is 2. The number of hydrogen-bond donors (Lipinski definition) is 1. The van der Waals surface area contributed by atoms with Crippen LogP contribution in [0.15, 0.2) is 59.5 Å². The molecule has 1 saturated carbocycles. The molecule has 0 bridgehead atoms. The summed E-state index contributed by atoms with van der Waals surface area (Å²) in [6.45, 7) is 1.57. The van der Waals surface area contributed by atoms with Gasteiger partial charge < -0.3 is 10.5 Å². The number of ketones is 1. The first kappa shape index (κ1) is 31.8. The molecule has 0 saturated heterocycles. The third-order valence-electron chi connectivity index (χ3n) is 6.82. The zero-order chi connectivity index (χ0) is 27.2. The Bertz CT molecular complexity index is 1160. The van der Waals surface area contributed by atoms with Gasteiger partial charge in [-0.1, -0.05) is 30.3 Å². The van der Waals surface area contributed by atoms with E-state index in [1.165, 1.54) is 6.92 Å². The maximum absolute atomic E-state index is 13.1. The van der Waals surface area contributed by atoms with Crippen LogP contribution in [0.3, 0.4) is 0 Å². The molecule has 210 valence electrons. The minimum Gasteiger partial charge on any atom is -0.464 e. The van der Waals surface area contributed by atoms with Crippen molar-refractivity contribution >= 4 is 34.0 Å². The van der Waals surface area contributed by atoms with E-state index in [-0.39, 0.29) is 59.6 Å². The highest BCUT2D eigenvalue weighted by atomic mass is 35.5. The number of carbonyl (C=O) groups is 2. The summed E-state index contributed by atoms with van der Waals surface area (Å²) < 4.78 is 69.1. The van der Waals surface area contributed by atoms with Crippen molar-refractivity contribution in [2.45, 2.75) is 62.1 Å². The molecule has 2 atom stereocenters. The molecule has 2 aromatic rings. The fourth-order valence-electron chi connectivity index (χ4n) is 4.63. The Hall–Kier alpha value is -2.43. The first-order valence-electron chi connectivity index (χ1n) is 12.3. The number of esters is 1. The van der Waals surface area contributed by atoms with E-state index >= 15 is 0 Å². The lowest BCUT2D eigenvalue weighted by molar-refractivity contribution is -0.146. The van der Waals surface area contributed by atoms with Gasteiger partial charge in [0.2, 0.25) is 0 Å². The molecule has 1 aliphatic rings. The molecule has 1 fully saturated rings. The lowest BCUT2D eigenvalue weighted by atomic mass is 9.78. The van der Waals surface area contributed by atoms with Gasteiger partial charge in [-0.05, 0) is 68.4 Å². The Morgan fingerprint density at radius 2 is 1.58 bits per heavy atom. The van der Waals surface area contributed by atoms with Crippen LogP contribution in [0.1, 0.15) is 56.1 Å². The summed E-state index contributed by atoms with van der Waals surface area (Å²) in [4.78, 5) is 24.8. The highest BCUT2D eigenvalue weighted by Gasteiger charge is 2.33. The van der Waals surface area contributed by atoms with Gasteiger partial charge >= 0.3 is 12.1 Å². The van der Waals surface area contributed by atoms with Gasteiger partial charge in [0.15, 0.2) is 9.84 Å². The van der Waals surface area contributed by atoms with Gasteiger partial charge in [0.25, 0.3) is 0 Å². The van der Waals surface area contributed by atoms with Gasteiger partial charge in [-0.15, -0.1) is 12.4 Å². The SMILES string of the molecule is C[C@H](N)C(=O)OC[C@@H](CC(=O)C1CCC(CS(=O)(=O)c2ccc(C(F)(F)F)cc2)CC1)c1ccccc1.Cl. The van der Waals surface area contributed by atoms with Crippen LogP contribution in [0.2, 0.25) is 0 Å². The first-order chi connectivity index (χ1) is 17.4. The van der Waals surface area contributed by atoms with E-state index in [9.17, 15) is 31.2 Å². The summed E-state index contributed by atoms with van der Waals surface area (Å²) >= 11 is 0. The summed E-state index contributed by atoms with van der Waals surface area (Å²) in [6.07, 6.45) is -2.20. The van der Waals surface area contributed by atoms with E-state index in [4.69, 9.17) is 10.5 Å². The average Bonchev–Trinajstić information content (AvgIpc) is 2.86. The maximum Gasteiger partial charge on any atom is 0.416 e. The number of nitrogens with two attached hydrogens (primary N) is 1. The van der Waals surface area contributed by atoms with Crippen LogP contribution in [0.25, 0.3) is 0 Å². The van der Waals surface area contributed by atoms with Gasteiger partial charge in [-0.25, -0.2) is 8.42 Å². The Kier molecular flexibility index (Phi) is 11.4. The highest BCUT2D eigenvalue weighted by molar-refractivity contribution is 7.91. The topological polar surface area (TPSA) is 104 Å². The summed E-state index contributed by atoms with van der Waals surface area (Å²) in [5.74, 6) is -1.38. The predicted molar refractivity (Wildman–Crippen MR) is 140 cm³/mol. The fourth-order valence-corrected chi connectivity index (χ4v) is 6.33. The lowest BCUT2D eigenvalue weighted by Crippen LogP contribution is -2.31. The van der Waals surface area contributed by atoms with Crippen LogP contribution in [-0.4, -0.2) is 38.6 Å². The number of hydrogen-bond acceptors (Lipinski definition) is 6. The second kappa shape index (κ2) is 13.6. The number of carbonyl (C=O) groups excluding carboxylic acids is 2. The molecule has 11 heteroatoms. The van der Waals surface area contributed by atoms with Crippen molar-refractivity contribution in [3.8, 4) is 0 Å². The predicted octanol–water partition coefficient (Wildman–Crippen LogP) is 5.34. The minimum absolute atomic E-state index is 0. The average molecular weight is 576 g/mol. The van der Waals surface area contributed by atoms with E-state index < -0.39 is 33.6 Å². The fraction of sp³-hybridized carbons (Fsp3) is 0.481. The van der Waals surface area contributed by atoms with Crippen molar-refractivity contribution in [2.75, 3.05) is 12.4 Å². The molecule has 0 aromatic heterocycles. The van der Waals surface area contributed by atoms with Crippen molar-refractivity contribution in [1.29, 1.82) is 0 Å². The van der Waals surface area contributed by atoms with Gasteiger partial charge in [0.05, 0.1) is 22.8 Å².